The minimum Gasteiger partial charge on any atom is -0.482 e. The van der Waals surface area contributed by atoms with Crippen molar-refractivity contribution in [2.24, 2.45) is 5.10 Å². The molecule has 3 aromatic rings. The Kier molecular flexibility index (Phi) is 5.12. The van der Waals surface area contributed by atoms with Crippen LogP contribution in [-0.2, 0) is 4.79 Å². The Morgan fingerprint density at radius 3 is 2.72 bits per heavy atom. The van der Waals surface area contributed by atoms with Gasteiger partial charge in [-0.15, -0.1) is 0 Å². The van der Waals surface area contributed by atoms with E-state index < -0.39 is 0 Å². The van der Waals surface area contributed by atoms with Gasteiger partial charge in [-0.1, -0.05) is 42.0 Å². The highest BCUT2D eigenvalue weighted by Gasteiger charge is 2.35. The number of ether oxygens (including phenoxy) is 1. The van der Waals surface area contributed by atoms with Crippen molar-refractivity contribution >= 4 is 11.6 Å². The lowest BCUT2D eigenvalue weighted by Crippen LogP contribution is -2.31. The number of nitriles is 1. The van der Waals surface area contributed by atoms with Crippen LogP contribution in [0.1, 0.15) is 34.9 Å². The molecule has 1 amide bonds. The molecular weight excluding hydrogens is 366 g/mol. The Balaban J connectivity index is 1.56. The lowest BCUT2D eigenvalue weighted by atomic mass is 10.0. The normalized spacial score (nSPS) is 15.7. The maximum atomic E-state index is 12.9. The first kappa shape index (κ1) is 18.5. The number of rotatable bonds is 5. The zero-order valence-electron chi connectivity index (χ0n) is 15.9. The van der Waals surface area contributed by atoms with Gasteiger partial charge in [-0.25, -0.2) is 5.01 Å². The van der Waals surface area contributed by atoms with Crippen molar-refractivity contribution in [3.05, 3.63) is 89.4 Å². The molecule has 1 atom stereocenters. The summed E-state index contributed by atoms with van der Waals surface area (Å²) in [4.78, 5) is 12.9. The van der Waals surface area contributed by atoms with Gasteiger partial charge in [0.05, 0.1) is 17.5 Å². The Labute approximate surface area is 168 Å². The summed E-state index contributed by atoms with van der Waals surface area (Å²) in [7, 11) is 0. The predicted molar refractivity (Wildman–Crippen MR) is 107 cm³/mol. The molecule has 0 fully saturated rings. The molecule has 0 unspecified atom stereocenters. The molecule has 2 heterocycles. The molecule has 1 aromatic heterocycles. The van der Waals surface area contributed by atoms with Crippen molar-refractivity contribution in [2.75, 3.05) is 6.61 Å². The molecule has 0 radical (unpaired) electrons. The highest BCUT2D eigenvalue weighted by Crippen LogP contribution is 2.33. The molecule has 6 nitrogen and oxygen atoms in total. The predicted octanol–water partition coefficient (Wildman–Crippen LogP) is 4.22. The van der Waals surface area contributed by atoms with Gasteiger partial charge in [0, 0.05) is 6.42 Å². The van der Waals surface area contributed by atoms with Gasteiger partial charge in [0.1, 0.15) is 23.6 Å². The number of hydrogen-bond acceptors (Lipinski definition) is 5. The second-order valence-electron chi connectivity index (χ2n) is 6.78. The van der Waals surface area contributed by atoms with Crippen LogP contribution in [0.2, 0.25) is 0 Å². The number of amides is 1. The summed E-state index contributed by atoms with van der Waals surface area (Å²) in [6, 6.07) is 20.2. The number of para-hydroxylation sites is 1. The SMILES string of the molecule is Cc1ccc(C2=NN(C(=O)COc3ccccc3C#N)[C@H](c3ccco3)C2)cc1. The van der Waals surface area contributed by atoms with E-state index in [1.807, 2.05) is 37.3 Å². The monoisotopic (exact) mass is 385 g/mol. The number of carbonyl (C=O) groups is 1. The van der Waals surface area contributed by atoms with E-state index in [0.29, 0.717) is 23.5 Å². The van der Waals surface area contributed by atoms with Crippen LogP contribution in [0.25, 0.3) is 0 Å². The summed E-state index contributed by atoms with van der Waals surface area (Å²) in [6.07, 6.45) is 2.14. The zero-order chi connectivity index (χ0) is 20.2. The topological polar surface area (TPSA) is 78.8 Å². The fourth-order valence-corrected chi connectivity index (χ4v) is 3.25. The number of hydrogen-bond donors (Lipinski definition) is 0. The van der Waals surface area contributed by atoms with E-state index >= 15 is 0 Å². The van der Waals surface area contributed by atoms with Crippen molar-refractivity contribution < 1.29 is 13.9 Å². The number of carbonyl (C=O) groups excluding carboxylic acids is 1. The minimum atomic E-state index is -0.330. The van der Waals surface area contributed by atoms with E-state index in [2.05, 4.69) is 11.2 Å². The van der Waals surface area contributed by atoms with Crippen LogP contribution in [-0.4, -0.2) is 23.2 Å². The fraction of sp³-hybridized carbons (Fsp3) is 0.174. The van der Waals surface area contributed by atoms with Crippen LogP contribution < -0.4 is 4.74 Å². The highest BCUT2D eigenvalue weighted by atomic mass is 16.5. The number of furan rings is 1. The van der Waals surface area contributed by atoms with Gasteiger partial charge in [-0.3, -0.25) is 4.79 Å². The van der Waals surface area contributed by atoms with Gasteiger partial charge >= 0.3 is 0 Å². The van der Waals surface area contributed by atoms with Crippen LogP contribution in [0.4, 0.5) is 0 Å². The average Bonchev–Trinajstić information content (AvgIpc) is 3.42. The lowest BCUT2D eigenvalue weighted by Gasteiger charge is -2.20. The summed E-state index contributed by atoms with van der Waals surface area (Å²) in [5.41, 5.74) is 3.33. The highest BCUT2D eigenvalue weighted by molar-refractivity contribution is 6.03. The molecule has 1 aliphatic rings. The Morgan fingerprint density at radius 2 is 2.00 bits per heavy atom. The zero-order valence-corrected chi connectivity index (χ0v) is 15.9. The van der Waals surface area contributed by atoms with E-state index in [1.54, 1.807) is 36.6 Å². The largest absolute Gasteiger partial charge is 0.482 e. The average molecular weight is 385 g/mol. The molecule has 0 spiro atoms. The molecule has 0 saturated carbocycles. The molecule has 0 bridgehead atoms. The van der Waals surface area contributed by atoms with E-state index in [0.717, 1.165) is 16.8 Å². The Hall–Kier alpha value is -3.85. The summed E-state index contributed by atoms with van der Waals surface area (Å²) < 4.78 is 11.2. The minimum absolute atomic E-state index is 0.222. The Morgan fingerprint density at radius 1 is 1.21 bits per heavy atom. The molecule has 4 rings (SSSR count). The maximum absolute atomic E-state index is 12.9. The van der Waals surface area contributed by atoms with Crippen molar-refractivity contribution in [3.8, 4) is 11.8 Å². The third-order valence-electron chi connectivity index (χ3n) is 4.78. The summed E-state index contributed by atoms with van der Waals surface area (Å²) >= 11 is 0. The quantitative estimate of drug-likeness (QED) is 0.659. The third-order valence-corrected chi connectivity index (χ3v) is 4.78. The third kappa shape index (κ3) is 3.90. The van der Waals surface area contributed by atoms with Gasteiger partial charge in [-0.2, -0.15) is 10.4 Å². The number of nitrogens with zero attached hydrogens (tertiary/aromatic N) is 3. The molecule has 0 N–H and O–H groups in total. The van der Waals surface area contributed by atoms with Crippen LogP contribution in [0.5, 0.6) is 5.75 Å². The number of benzene rings is 2. The van der Waals surface area contributed by atoms with Crippen molar-refractivity contribution in [3.63, 3.8) is 0 Å². The maximum Gasteiger partial charge on any atom is 0.281 e. The fourth-order valence-electron chi connectivity index (χ4n) is 3.25. The second-order valence-corrected chi connectivity index (χ2v) is 6.78. The summed E-state index contributed by atoms with van der Waals surface area (Å²) in [5, 5.41) is 15.2. The van der Waals surface area contributed by atoms with Crippen molar-refractivity contribution in [2.45, 2.75) is 19.4 Å². The van der Waals surface area contributed by atoms with Crippen LogP contribution in [0.3, 0.4) is 0 Å². The first-order chi connectivity index (χ1) is 14.2. The smallest absolute Gasteiger partial charge is 0.281 e. The van der Waals surface area contributed by atoms with Gasteiger partial charge in [0.2, 0.25) is 0 Å². The van der Waals surface area contributed by atoms with E-state index in [4.69, 9.17) is 9.15 Å². The molecule has 144 valence electrons. The number of hydrazone groups is 1. The molecule has 1 aliphatic heterocycles. The molecule has 0 saturated heterocycles. The van der Waals surface area contributed by atoms with Gasteiger partial charge in [0.15, 0.2) is 6.61 Å². The molecule has 2 aromatic carbocycles. The van der Waals surface area contributed by atoms with Crippen LogP contribution in [0, 0.1) is 18.3 Å². The van der Waals surface area contributed by atoms with Crippen molar-refractivity contribution in [1.82, 2.24) is 5.01 Å². The lowest BCUT2D eigenvalue weighted by molar-refractivity contribution is -0.135. The van der Waals surface area contributed by atoms with E-state index in [-0.39, 0.29) is 18.6 Å². The van der Waals surface area contributed by atoms with Crippen LogP contribution in [0.15, 0.2) is 76.4 Å². The summed E-state index contributed by atoms with van der Waals surface area (Å²) in [6.45, 7) is 1.80. The van der Waals surface area contributed by atoms with E-state index in [9.17, 15) is 10.1 Å². The second kappa shape index (κ2) is 8.03. The van der Waals surface area contributed by atoms with Gasteiger partial charge in [-0.05, 0) is 36.8 Å². The first-order valence-electron chi connectivity index (χ1n) is 9.27. The Bertz CT molecular complexity index is 1080. The number of aryl methyl sites for hydroxylation is 1. The van der Waals surface area contributed by atoms with E-state index in [1.165, 1.54) is 5.01 Å². The standard InChI is InChI=1S/C23H19N3O3/c1-16-8-10-17(11-9-16)19-13-20(22-7-4-12-28-22)26(25-19)23(27)15-29-21-6-3-2-5-18(21)14-24/h2-12,20H,13,15H2,1H3/t20-/m0/s1. The molecular formula is C23H19N3O3. The molecule has 0 aliphatic carbocycles. The van der Waals surface area contributed by atoms with Gasteiger partial charge < -0.3 is 9.15 Å². The first-order valence-corrected chi connectivity index (χ1v) is 9.27. The van der Waals surface area contributed by atoms with Crippen molar-refractivity contribution in [1.29, 1.82) is 5.26 Å². The molecule has 29 heavy (non-hydrogen) atoms. The summed E-state index contributed by atoms with van der Waals surface area (Å²) in [5.74, 6) is 0.739. The van der Waals surface area contributed by atoms with Crippen LogP contribution >= 0.6 is 0 Å². The van der Waals surface area contributed by atoms with Gasteiger partial charge in [0.25, 0.3) is 5.91 Å². The molecule has 6 heteroatoms.